The van der Waals surface area contributed by atoms with Crippen LogP contribution in [0.3, 0.4) is 0 Å². The average molecular weight is 592 g/mol. The highest BCUT2D eigenvalue weighted by molar-refractivity contribution is 5.90. The molecule has 0 heterocycles. The summed E-state index contributed by atoms with van der Waals surface area (Å²) in [7, 11) is 1.52. The fourth-order valence-electron chi connectivity index (χ4n) is 4.21. The zero-order valence-corrected chi connectivity index (χ0v) is 25.6. The number of primary amides is 1. The molecule has 0 aromatic heterocycles. The predicted molar refractivity (Wildman–Crippen MR) is 165 cm³/mol. The molecule has 1 rings (SSSR count). The molecule has 1 atom stereocenters. The Kier molecular flexibility index (Phi) is 21.2. The standard InChI is InChI=1S/C31H53N5O6/c1-3-4-5-6-7-8-9-10-11-12-20-33-28(38)17-14-22-42-26-16-13-15-25(24-26)35-30(31(40)34-21-23-41-2)36-29(39)19-18-27(32)37/h13,15-16,24,30,35H,3-12,14,17-23H2,1-2H3,(H2,32,37)(H,33,38)(H,34,40)(H,36,39). The Morgan fingerprint density at radius 3 is 2.14 bits per heavy atom. The van der Waals surface area contributed by atoms with Gasteiger partial charge in [-0.25, -0.2) is 0 Å². The molecule has 0 saturated carbocycles. The highest BCUT2D eigenvalue weighted by Crippen LogP contribution is 2.18. The minimum Gasteiger partial charge on any atom is -0.494 e. The molecule has 1 aromatic rings. The van der Waals surface area contributed by atoms with Gasteiger partial charge in [0.15, 0.2) is 6.17 Å². The number of methoxy groups -OCH3 is 1. The van der Waals surface area contributed by atoms with Gasteiger partial charge in [0.2, 0.25) is 17.7 Å². The summed E-state index contributed by atoms with van der Waals surface area (Å²) in [5.41, 5.74) is 5.66. The topological polar surface area (TPSA) is 161 Å². The van der Waals surface area contributed by atoms with Gasteiger partial charge in [0.05, 0.1) is 13.2 Å². The molecule has 0 fully saturated rings. The smallest absolute Gasteiger partial charge is 0.263 e. The Morgan fingerprint density at radius 1 is 0.786 bits per heavy atom. The monoisotopic (exact) mass is 591 g/mol. The molecule has 238 valence electrons. The van der Waals surface area contributed by atoms with E-state index >= 15 is 0 Å². The summed E-state index contributed by atoms with van der Waals surface area (Å²) in [5.74, 6) is -0.971. The number of carbonyl (C=O) groups excluding carboxylic acids is 4. The van der Waals surface area contributed by atoms with Crippen molar-refractivity contribution in [2.45, 2.75) is 103 Å². The van der Waals surface area contributed by atoms with Crippen LogP contribution in [0.25, 0.3) is 0 Å². The van der Waals surface area contributed by atoms with Crippen molar-refractivity contribution in [3.63, 3.8) is 0 Å². The second kappa shape index (κ2) is 24.3. The van der Waals surface area contributed by atoms with Crippen molar-refractivity contribution in [2.75, 3.05) is 38.7 Å². The summed E-state index contributed by atoms with van der Waals surface area (Å²) in [4.78, 5) is 48.0. The zero-order chi connectivity index (χ0) is 30.8. The predicted octanol–water partition coefficient (Wildman–Crippen LogP) is 3.77. The van der Waals surface area contributed by atoms with Crippen LogP contribution in [-0.4, -0.2) is 63.2 Å². The number of ether oxygens (including phenoxy) is 2. The van der Waals surface area contributed by atoms with Crippen molar-refractivity contribution in [2.24, 2.45) is 5.73 Å². The lowest BCUT2D eigenvalue weighted by molar-refractivity contribution is -0.129. The van der Waals surface area contributed by atoms with Gasteiger partial charge in [-0.3, -0.25) is 19.2 Å². The Bertz CT molecular complexity index is 914. The number of anilines is 1. The molecule has 1 aromatic carbocycles. The number of unbranched alkanes of at least 4 members (excludes halogenated alkanes) is 9. The van der Waals surface area contributed by atoms with E-state index in [4.69, 9.17) is 15.2 Å². The van der Waals surface area contributed by atoms with Gasteiger partial charge in [0.25, 0.3) is 5.91 Å². The van der Waals surface area contributed by atoms with E-state index in [0.717, 1.165) is 12.8 Å². The molecule has 1 unspecified atom stereocenters. The Labute approximate surface area is 251 Å². The van der Waals surface area contributed by atoms with E-state index in [-0.39, 0.29) is 25.3 Å². The second-order valence-corrected chi connectivity index (χ2v) is 10.4. The quantitative estimate of drug-likeness (QED) is 0.0809. The number of nitrogens with one attached hydrogen (secondary N) is 4. The van der Waals surface area contributed by atoms with E-state index in [1.54, 1.807) is 24.3 Å². The number of amides is 4. The molecule has 11 nitrogen and oxygen atoms in total. The second-order valence-electron chi connectivity index (χ2n) is 10.4. The minimum absolute atomic E-state index is 0.0272. The van der Waals surface area contributed by atoms with Crippen molar-refractivity contribution in [1.82, 2.24) is 16.0 Å². The van der Waals surface area contributed by atoms with Crippen LogP contribution < -0.4 is 31.7 Å². The van der Waals surface area contributed by atoms with Crippen molar-refractivity contribution in [3.8, 4) is 5.75 Å². The maximum atomic E-state index is 12.6. The third-order valence-electron chi connectivity index (χ3n) is 6.59. The Hall–Kier alpha value is -3.34. The van der Waals surface area contributed by atoms with E-state index < -0.39 is 23.9 Å². The fourth-order valence-corrected chi connectivity index (χ4v) is 4.21. The van der Waals surface area contributed by atoms with E-state index in [1.165, 1.54) is 58.5 Å². The number of hydrogen-bond donors (Lipinski definition) is 5. The van der Waals surface area contributed by atoms with Crippen LogP contribution in [0.15, 0.2) is 24.3 Å². The lowest BCUT2D eigenvalue weighted by atomic mass is 10.1. The van der Waals surface area contributed by atoms with Crippen LogP contribution in [0.2, 0.25) is 0 Å². The average Bonchev–Trinajstić information content (AvgIpc) is 2.97. The number of hydrogen-bond acceptors (Lipinski definition) is 7. The molecular formula is C31H53N5O6. The third kappa shape index (κ3) is 19.7. The first-order valence-corrected chi connectivity index (χ1v) is 15.5. The largest absolute Gasteiger partial charge is 0.494 e. The minimum atomic E-state index is -1.09. The van der Waals surface area contributed by atoms with Gasteiger partial charge in [0, 0.05) is 51.2 Å². The molecule has 0 radical (unpaired) electrons. The maximum Gasteiger partial charge on any atom is 0.263 e. The molecule has 0 aliphatic carbocycles. The van der Waals surface area contributed by atoms with Crippen LogP contribution in [0.4, 0.5) is 5.69 Å². The first-order valence-electron chi connectivity index (χ1n) is 15.5. The zero-order valence-electron chi connectivity index (χ0n) is 25.6. The first-order chi connectivity index (χ1) is 20.3. The molecule has 6 N–H and O–H groups in total. The van der Waals surface area contributed by atoms with E-state index in [9.17, 15) is 19.2 Å². The molecule has 0 saturated heterocycles. The van der Waals surface area contributed by atoms with E-state index in [2.05, 4.69) is 28.2 Å². The number of carbonyl (C=O) groups is 4. The molecule has 0 spiro atoms. The summed E-state index contributed by atoms with van der Waals surface area (Å²) in [5, 5.41) is 11.2. The van der Waals surface area contributed by atoms with Crippen LogP contribution in [-0.2, 0) is 23.9 Å². The first kappa shape index (κ1) is 36.7. The van der Waals surface area contributed by atoms with Crippen LogP contribution >= 0.6 is 0 Å². The molecular weight excluding hydrogens is 538 g/mol. The highest BCUT2D eigenvalue weighted by atomic mass is 16.5. The van der Waals surface area contributed by atoms with Gasteiger partial charge in [-0.2, -0.15) is 0 Å². The lowest BCUT2D eigenvalue weighted by Gasteiger charge is -2.21. The highest BCUT2D eigenvalue weighted by Gasteiger charge is 2.21. The molecule has 4 amide bonds. The molecule has 11 heteroatoms. The SMILES string of the molecule is CCCCCCCCCCCCNC(=O)CCCOc1cccc(NC(NC(=O)CCC(N)=O)C(=O)NCCOC)c1. The summed E-state index contributed by atoms with van der Waals surface area (Å²) in [6.07, 6.45) is 12.3. The Balaban J connectivity index is 2.35. The van der Waals surface area contributed by atoms with Crippen molar-refractivity contribution in [3.05, 3.63) is 24.3 Å². The lowest BCUT2D eigenvalue weighted by Crippen LogP contribution is -2.51. The van der Waals surface area contributed by atoms with Crippen molar-refractivity contribution < 1.29 is 28.7 Å². The summed E-state index contributed by atoms with van der Waals surface area (Å²) >= 11 is 0. The van der Waals surface area contributed by atoms with E-state index in [0.29, 0.717) is 44.0 Å². The third-order valence-corrected chi connectivity index (χ3v) is 6.59. The summed E-state index contributed by atoms with van der Waals surface area (Å²) in [6, 6.07) is 6.97. The van der Waals surface area contributed by atoms with E-state index in [1.807, 2.05) is 0 Å². The number of rotatable bonds is 26. The fraction of sp³-hybridized carbons (Fsp3) is 0.677. The summed E-state index contributed by atoms with van der Waals surface area (Å²) in [6.45, 7) is 3.89. The van der Waals surface area contributed by atoms with Crippen molar-refractivity contribution in [1.29, 1.82) is 0 Å². The van der Waals surface area contributed by atoms with Crippen LogP contribution in [0.1, 0.15) is 96.8 Å². The van der Waals surface area contributed by atoms with Gasteiger partial charge in [-0.1, -0.05) is 70.8 Å². The van der Waals surface area contributed by atoms with Gasteiger partial charge >= 0.3 is 0 Å². The normalized spacial score (nSPS) is 11.4. The number of benzene rings is 1. The van der Waals surface area contributed by atoms with Crippen LogP contribution in [0.5, 0.6) is 5.75 Å². The maximum absolute atomic E-state index is 12.6. The van der Waals surface area contributed by atoms with Gasteiger partial charge in [0.1, 0.15) is 5.75 Å². The molecule has 0 aliphatic heterocycles. The van der Waals surface area contributed by atoms with Gasteiger partial charge < -0.3 is 36.5 Å². The van der Waals surface area contributed by atoms with Crippen LogP contribution in [0, 0.1) is 0 Å². The van der Waals surface area contributed by atoms with Gasteiger partial charge in [-0.05, 0) is 25.0 Å². The summed E-state index contributed by atoms with van der Waals surface area (Å²) < 4.78 is 10.8. The molecule has 0 aliphatic rings. The number of nitrogens with two attached hydrogens (primary N) is 1. The van der Waals surface area contributed by atoms with Gasteiger partial charge in [-0.15, -0.1) is 0 Å². The molecule has 42 heavy (non-hydrogen) atoms. The van der Waals surface area contributed by atoms with Crippen molar-refractivity contribution >= 4 is 29.3 Å². The molecule has 0 bridgehead atoms. The Morgan fingerprint density at radius 2 is 1.48 bits per heavy atom.